The Morgan fingerprint density at radius 1 is 1.19 bits per heavy atom. The van der Waals surface area contributed by atoms with Gasteiger partial charge in [-0.1, -0.05) is 18.2 Å². The van der Waals surface area contributed by atoms with E-state index in [0.29, 0.717) is 16.3 Å². The van der Waals surface area contributed by atoms with E-state index in [1.165, 1.54) is 18.3 Å². The highest BCUT2D eigenvalue weighted by Gasteiger charge is 2.18. The minimum absolute atomic E-state index is 0.335. The third-order valence-corrected chi connectivity index (χ3v) is 3.95. The highest BCUT2D eigenvalue weighted by atomic mass is 32.1. The van der Waals surface area contributed by atoms with E-state index >= 15 is 0 Å². The number of urea groups is 1. The van der Waals surface area contributed by atoms with Gasteiger partial charge in [-0.05, 0) is 30.5 Å². The summed E-state index contributed by atoms with van der Waals surface area (Å²) in [6.45, 7) is 0.922. The summed E-state index contributed by atoms with van der Waals surface area (Å²) in [6, 6.07) is 10.7. The van der Waals surface area contributed by atoms with Crippen LogP contribution in [0.5, 0.6) is 0 Å². The Hall–Kier alpha value is -3.38. The van der Waals surface area contributed by atoms with E-state index in [0.717, 1.165) is 0 Å². The lowest BCUT2D eigenvalue weighted by Crippen LogP contribution is -2.42. The van der Waals surface area contributed by atoms with Gasteiger partial charge in [-0.15, -0.1) is 11.3 Å². The van der Waals surface area contributed by atoms with Crippen molar-refractivity contribution in [1.82, 2.24) is 5.32 Å². The molecular formula is C17H16N4O4S. The average molecular weight is 372 g/mol. The van der Waals surface area contributed by atoms with Gasteiger partial charge in [0.1, 0.15) is 17.1 Å². The number of thiophene rings is 1. The van der Waals surface area contributed by atoms with Gasteiger partial charge in [-0.25, -0.2) is 9.59 Å². The molecule has 134 valence electrons. The van der Waals surface area contributed by atoms with Gasteiger partial charge in [-0.3, -0.25) is 4.79 Å². The van der Waals surface area contributed by atoms with Crippen LogP contribution < -0.4 is 16.0 Å². The SMILES string of the molecule is C[C@H](NC(=O)Nc1ccccc1)C(=O)OCC(=O)Nc1sccc1C#N. The molecule has 0 aliphatic rings. The normalized spacial score (nSPS) is 10.9. The number of amides is 3. The summed E-state index contributed by atoms with van der Waals surface area (Å²) in [4.78, 5) is 35.5. The van der Waals surface area contributed by atoms with Crippen molar-refractivity contribution in [1.29, 1.82) is 5.26 Å². The van der Waals surface area contributed by atoms with Gasteiger partial charge < -0.3 is 20.7 Å². The van der Waals surface area contributed by atoms with Crippen LogP contribution in [0.3, 0.4) is 0 Å². The predicted octanol–water partition coefficient (Wildman–Crippen LogP) is 2.31. The zero-order valence-electron chi connectivity index (χ0n) is 13.8. The molecule has 1 aromatic carbocycles. The maximum atomic E-state index is 11.9. The Morgan fingerprint density at radius 2 is 1.92 bits per heavy atom. The van der Waals surface area contributed by atoms with Crippen molar-refractivity contribution in [2.24, 2.45) is 0 Å². The highest BCUT2D eigenvalue weighted by Crippen LogP contribution is 2.21. The van der Waals surface area contributed by atoms with Crippen LogP contribution in [0.15, 0.2) is 41.8 Å². The van der Waals surface area contributed by atoms with Crippen LogP contribution in [-0.4, -0.2) is 30.6 Å². The lowest BCUT2D eigenvalue weighted by Gasteiger charge is -2.14. The fourth-order valence-electron chi connectivity index (χ4n) is 1.86. The fourth-order valence-corrected chi connectivity index (χ4v) is 2.62. The van der Waals surface area contributed by atoms with Crippen molar-refractivity contribution in [3.8, 4) is 6.07 Å². The number of nitrogens with zero attached hydrogens (tertiary/aromatic N) is 1. The third-order valence-electron chi connectivity index (χ3n) is 3.12. The van der Waals surface area contributed by atoms with Gasteiger partial charge in [0, 0.05) is 5.69 Å². The minimum atomic E-state index is -0.942. The number of hydrogen-bond acceptors (Lipinski definition) is 6. The molecule has 0 unspecified atom stereocenters. The molecule has 3 N–H and O–H groups in total. The van der Waals surface area contributed by atoms with Gasteiger partial charge in [0.2, 0.25) is 0 Å². The first-order chi connectivity index (χ1) is 12.5. The van der Waals surface area contributed by atoms with E-state index in [-0.39, 0.29) is 0 Å². The second kappa shape index (κ2) is 9.19. The summed E-state index contributed by atoms with van der Waals surface area (Å²) in [5.74, 6) is -1.33. The molecule has 9 heteroatoms. The van der Waals surface area contributed by atoms with E-state index in [1.54, 1.807) is 35.7 Å². The molecule has 1 atom stereocenters. The Morgan fingerprint density at radius 3 is 2.62 bits per heavy atom. The zero-order chi connectivity index (χ0) is 18.9. The summed E-state index contributed by atoms with van der Waals surface area (Å²) >= 11 is 1.19. The first-order valence-electron chi connectivity index (χ1n) is 7.56. The molecule has 2 aromatic rings. The number of para-hydroxylation sites is 1. The van der Waals surface area contributed by atoms with E-state index in [4.69, 9.17) is 10.00 Å². The number of ether oxygens (including phenoxy) is 1. The maximum Gasteiger partial charge on any atom is 0.328 e. The number of benzene rings is 1. The van der Waals surface area contributed by atoms with Crippen molar-refractivity contribution in [2.75, 3.05) is 17.2 Å². The second-order valence-corrected chi connectivity index (χ2v) is 6.03. The van der Waals surface area contributed by atoms with Crippen molar-refractivity contribution >= 4 is 39.9 Å². The Kier molecular flexibility index (Phi) is 6.70. The molecule has 1 aromatic heterocycles. The molecule has 0 saturated carbocycles. The fraction of sp³-hybridized carbons (Fsp3) is 0.176. The number of rotatable bonds is 6. The van der Waals surface area contributed by atoms with Crippen LogP contribution in [0.1, 0.15) is 12.5 Å². The monoisotopic (exact) mass is 372 g/mol. The average Bonchev–Trinajstić information content (AvgIpc) is 3.07. The summed E-state index contributed by atoms with van der Waals surface area (Å²) in [6.07, 6.45) is 0. The van der Waals surface area contributed by atoms with Crippen molar-refractivity contribution in [3.05, 3.63) is 47.3 Å². The molecule has 8 nitrogen and oxygen atoms in total. The summed E-state index contributed by atoms with van der Waals surface area (Å²) in [5, 5.41) is 18.4. The topological polar surface area (TPSA) is 120 Å². The highest BCUT2D eigenvalue weighted by molar-refractivity contribution is 7.14. The van der Waals surface area contributed by atoms with Gasteiger partial charge >= 0.3 is 12.0 Å². The Labute approximate surface area is 153 Å². The smallest absolute Gasteiger partial charge is 0.328 e. The molecule has 1 heterocycles. The van der Waals surface area contributed by atoms with Gasteiger partial charge in [0.05, 0.1) is 5.56 Å². The molecule has 26 heavy (non-hydrogen) atoms. The van der Waals surface area contributed by atoms with E-state index in [1.807, 2.05) is 12.1 Å². The number of esters is 1. The van der Waals surface area contributed by atoms with Crippen LogP contribution in [0, 0.1) is 11.3 Å². The van der Waals surface area contributed by atoms with Crippen LogP contribution in [0.25, 0.3) is 0 Å². The molecule has 0 saturated heterocycles. The number of nitriles is 1. The predicted molar refractivity (Wildman–Crippen MR) is 96.7 cm³/mol. The lowest BCUT2D eigenvalue weighted by atomic mass is 10.3. The van der Waals surface area contributed by atoms with Gasteiger partial charge in [0.25, 0.3) is 5.91 Å². The standard InChI is InChI=1S/C17H16N4O4S/c1-11(19-17(24)20-13-5-3-2-4-6-13)16(23)25-10-14(22)21-15-12(9-18)7-8-26-15/h2-8,11H,10H2,1H3,(H,21,22)(H2,19,20,24)/t11-/m0/s1. The molecule has 0 radical (unpaired) electrons. The number of hydrogen-bond donors (Lipinski definition) is 3. The molecule has 0 fully saturated rings. The van der Waals surface area contributed by atoms with E-state index in [2.05, 4.69) is 16.0 Å². The van der Waals surface area contributed by atoms with Crippen LogP contribution in [0.4, 0.5) is 15.5 Å². The van der Waals surface area contributed by atoms with Crippen molar-refractivity contribution in [2.45, 2.75) is 13.0 Å². The largest absolute Gasteiger partial charge is 0.454 e. The number of carbonyl (C=O) groups is 3. The van der Waals surface area contributed by atoms with Crippen LogP contribution >= 0.6 is 11.3 Å². The molecule has 0 bridgehead atoms. The van der Waals surface area contributed by atoms with E-state index in [9.17, 15) is 14.4 Å². The second-order valence-electron chi connectivity index (χ2n) is 5.12. The summed E-state index contributed by atoms with van der Waals surface area (Å²) in [7, 11) is 0. The number of anilines is 2. The maximum absolute atomic E-state index is 11.9. The first kappa shape index (κ1) is 19.0. The lowest BCUT2D eigenvalue weighted by molar-refractivity contribution is -0.148. The quantitative estimate of drug-likeness (QED) is 0.672. The molecule has 0 aliphatic carbocycles. The van der Waals surface area contributed by atoms with Gasteiger partial charge in [0.15, 0.2) is 6.61 Å². The van der Waals surface area contributed by atoms with Crippen LogP contribution in [0.2, 0.25) is 0 Å². The number of carbonyl (C=O) groups excluding carboxylic acids is 3. The molecular weight excluding hydrogens is 356 g/mol. The molecule has 3 amide bonds. The van der Waals surface area contributed by atoms with Crippen molar-refractivity contribution in [3.63, 3.8) is 0 Å². The zero-order valence-corrected chi connectivity index (χ0v) is 14.6. The Balaban J connectivity index is 1.75. The first-order valence-corrected chi connectivity index (χ1v) is 8.44. The molecule has 0 spiro atoms. The van der Waals surface area contributed by atoms with Gasteiger partial charge in [-0.2, -0.15) is 5.26 Å². The summed E-state index contributed by atoms with van der Waals surface area (Å²) in [5.41, 5.74) is 0.913. The molecule has 2 rings (SSSR count). The van der Waals surface area contributed by atoms with Crippen LogP contribution in [-0.2, 0) is 14.3 Å². The third kappa shape index (κ3) is 5.61. The number of nitrogens with one attached hydrogen (secondary N) is 3. The Bertz CT molecular complexity index is 829. The van der Waals surface area contributed by atoms with E-state index < -0.39 is 30.6 Å². The summed E-state index contributed by atoms with van der Waals surface area (Å²) < 4.78 is 4.87. The minimum Gasteiger partial charge on any atom is -0.454 e. The van der Waals surface area contributed by atoms with Crippen molar-refractivity contribution < 1.29 is 19.1 Å². The molecule has 0 aliphatic heterocycles.